The van der Waals surface area contributed by atoms with Crippen molar-refractivity contribution in [1.82, 2.24) is 10.2 Å². The van der Waals surface area contributed by atoms with Crippen molar-refractivity contribution >= 4 is 0 Å². The van der Waals surface area contributed by atoms with Crippen LogP contribution in [-0.2, 0) is 17.7 Å². The quantitative estimate of drug-likeness (QED) is 0.830. The summed E-state index contributed by atoms with van der Waals surface area (Å²) in [5.41, 5.74) is 2.93. The van der Waals surface area contributed by atoms with Crippen LogP contribution in [-0.4, -0.2) is 44.8 Å². The minimum atomic E-state index is 0.874. The molecule has 3 heteroatoms. The van der Waals surface area contributed by atoms with E-state index in [-0.39, 0.29) is 0 Å². The molecule has 0 aromatic heterocycles. The van der Waals surface area contributed by atoms with E-state index in [1.165, 1.54) is 11.1 Å². The molecule has 0 saturated carbocycles. The molecule has 0 aliphatic carbocycles. The summed E-state index contributed by atoms with van der Waals surface area (Å²) < 4.78 is 5.38. The Bertz CT molecular complexity index is 335. The van der Waals surface area contributed by atoms with Crippen LogP contribution in [0.15, 0.2) is 24.3 Å². The van der Waals surface area contributed by atoms with Crippen LogP contribution in [0.5, 0.6) is 0 Å². The van der Waals surface area contributed by atoms with Gasteiger partial charge in [-0.3, -0.25) is 4.90 Å². The highest BCUT2D eigenvalue weighted by Gasteiger charge is 2.12. The maximum Gasteiger partial charge on any atom is 0.0594 e. The smallest absolute Gasteiger partial charge is 0.0594 e. The number of ether oxygens (including phenoxy) is 1. The number of nitrogens with zero attached hydrogens (tertiary/aromatic N) is 1. The van der Waals surface area contributed by atoms with E-state index in [0.717, 1.165) is 45.8 Å². The van der Waals surface area contributed by atoms with E-state index in [9.17, 15) is 0 Å². The Kier molecular flexibility index (Phi) is 4.98. The zero-order valence-corrected chi connectivity index (χ0v) is 10.6. The van der Waals surface area contributed by atoms with Crippen LogP contribution in [0, 0.1) is 0 Å². The van der Waals surface area contributed by atoms with Crippen LogP contribution in [0.4, 0.5) is 0 Å². The maximum atomic E-state index is 5.38. The zero-order valence-electron chi connectivity index (χ0n) is 10.6. The molecule has 1 aliphatic heterocycles. The number of nitrogens with one attached hydrogen (secondary N) is 1. The predicted molar refractivity (Wildman–Crippen MR) is 70.2 cm³/mol. The molecule has 0 atom stereocenters. The van der Waals surface area contributed by atoms with Gasteiger partial charge in [0.25, 0.3) is 0 Å². The molecular formula is C14H22N2O. The summed E-state index contributed by atoms with van der Waals surface area (Å²) in [5.74, 6) is 0. The van der Waals surface area contributed by atoms with Crippen LogP contribution >= 0.6 is 0 Å². The van der Waals surface area contributed by atoms with E-state index in [0.29, 0.717) is 0 Å². The standard InChI is InChI=1S/C14H22N2O/c1-15-7-6-13-4-2-3-5-14(13)12-16-8-10-17-11-9-16/h2-5,15H,6-12H2,1H3. The van der Waals surface area contributed by atoms with Gasteiger partial charge in [0, 0.05) is 19.6 Å². The summed E-state index contributed by atoms with van der Waals surface area (Å²) >= 11 is 0. The number of hydrogen-bond acceptors (Lipinski definition) is 3. The van der Waals surface area contributed by atoms with E-state index in [2.05, 4.69) is 34.5 Å². The molecular weight excluding hydrogens is 212 g/mol. The summed E-state index contributed by atoms with van der Waals surface area (Å²) in [7, 11) is 2.00. The summed E-state index contributed by atoms with van der Waals surface area (Å²) in [5, 5.41) is 3.21. The van der Waals surface area contributed by atoms with E-state index < -0.39 is 0 Å². The Hall–Kier alpha value is -0.900. The van der Waals surface area contributed by atoms with E-state index in [4.69, 9.17) is 4.74 Å². The lowest BCUT2D eigenvalue weighted by atomic mass is 10.0. The van der Waals surface area contributed by atoms with Crippen molar-refractivity contribution in [3.05, 3.63) is 35.4 Å². The third-order valence-corrected chi connectivity index (χ3v) is 3.26. The largest absolute Gasteiger partial charge is 0.379 e. The van der Waals surface area contributed by atoms with Crippen molar-refractivity contribution in [3.8, 4) is 0 Å². The summed E-state index contributed by atoms with van der Waals surface area (Å²) in [6, 6.07) is 8.76. The predicted octanol–water partition coefficient (Wildman–Crippen LogP) is 1.28. The van der Waals surface area contributed by atoms with Crippen LogP contribution in [0.1, 0.15) is 11.1 Å². The monoisotopic (exact) mass is 234 g/mol. The summed E-state index contributed by atoms with van der Waals surface area (Å²) in [6.07, 6.45) is 1.11. The van der Waals surface area contributed by atoms with Crippen LogP contribution < -0.4 is 5.32 Å². The first-order valence-corrected chi connectivity index (χ1v) is 6.41. The topological polar surface area (TPSA) is 24.5 Å². The highest BCUT2D eigenvalue weighted by atomic mass is 16.5. The fraction of sp³-hybridized carbons (Fsp3) is 0.571. The van der Waals surface area contributed by atoms with Crippen molar-refractivity contribution in [2.24, 2.45) is 0 Å². The summed E-state index contributed by atoms with van der Waals surface area (Å²) in [6.45, 7) is 5.96. The van der Waals surface area contributed by atoms with Crippen molar-refractivity contribution < 1.29 is 4.74 Å². The van der Waals surface area contributed by atoms with Gasteiger partial charge in [0.05, 0.1) is 13.2 Å². The van der Waals surface area contributed by atoms with Gasteiger partial charge < -0.3 is 10.1 Å². The van der Waals surface area contributed by atoms with Crippen molar-refractivity contribution in [1.29, 1.82) is 0 Å². The van der Waals surface area contributed by atoms with E-state index in [1.54, 1.807) is 0 Å². The minimum Gasteiger partial charge on any atom is -0.379 e. The third-order valence-electron chi connectivity index (χ3n) is 3.26. The molecule has 17 heavy (non-hydrogen) atoms. The van der Waals surface area contributed by atoms with Gasteiger partial charge >= 0.3 is 0 Å². The lowest BCUT2D eigenvalue weighted by Crippen LogP contribution is -2.35. The molecule has 0 radical (unpaired) electrons. The molecule has 1 heterocycles. The molecule has 0 bridgehead atoms. The van der Waals surface area contributed by atoms with Gasteiger partial charge in [0.2, 0.25) is 0 Å². The lowest BCUT2D eigenvalue weighted by molar-refractivity contribution is 0.0341. The summed E-state index contributed by atoms with van der Waals surface area (Å²) in [4.78, 5) is 2.47. The number of likely N-dealkylation sites (N-methyl/N-ethyl adjacent to an activating group) is 1. The second kappa shape index (κ2) is 6.74. The van der Waals surface area contributed by atoms with Crippen LogP contribution in [0.2, 0.25) is 0 Å². The van der Waals surface area contributed by atoms with Gasteiger partial charge in [-0.1, -0.05) is 24.3 Å². The SMILES string of the molecule is CNCCc1ccccc1CN1CCOCC1. The molecule has 1 aromatic rings. The van der Waals surface area contributed by atoms with Crippen molar-refractivity contribution in [2.75, 3.05) is 39.9 Å². The first-order chi connectivity index (χ1) is 8.40. The molecule has 0 amide bonds. The Balaban J connectivity index is 1.98. The molecule has 1 saturated heterocycles. The van der Waals surface area contributed by atoms with Gasteiger partial charge in [-0.15, -0.1) is 0 Å². The molecule has 1 fully saturated rings. The zero-order chi connectivity index (χ0) is 11.9. The van der Waals surface area contributed by atoms with Crippen molar-refractivity contribution in [3.63, 3.8) is 0 Å². The maximum absolute atomic E-state index is 5.38. The highest BCUT2D eigenvalue weighted by Crippen LogP contribution is 2.13. The fourth-order valence-corrected chi connectivity index (χ4v) is 2.22. The number of morpholine rings is 1. The van der Waals surface area contributed by atoms with Crippen molar-refractivity contribution in [2.45, 2.75) is 13.0 Å². The van der Waals surface area contributed by atoms with Gasteiger partial charge in [-0.25, -0.2) is 0 Å². The molecule has 0 spiro atoms. The second-order valence-electron chi connectivity index (χ2n) is 4.51. The lowest BCUT2D eigenvalue weighted by Gasteiger charge is -2.27. The first kappa shape index (κ1) is 12.6. The molecule has 94 valence electrons. The molecule has 1 aromatic carbocycles. The Morgan fingerprint density at radius 2 is 1.88 bits per heavy atom. The highest BCUT2D eigenvalue weighted by molar-refractivity contribution is 5.27. The first-order valence-electron chi connectivity index (χ1n) is 6.41. The fourth-order valence-electron chi connectivity index (χ4n) is 2.22. The van der Waals surface area contributed by atoms with Gasteiger partial charge in [0.15, 0.2) is 0 Å². The number of benzene rings is 1. The Morgan fingerprint density at radius 3 is 2.59 bits per heavy atom. The number of hydrogen-bond donors (Lipinski definition) is 1. The molecule has 1 N–H and O–H groups in total. The average Bonchev–Trinajstić information content (AvgIpc) is 2.39. The Labute approximate surface area is 104 Å². The molecule has 3 nitrogen and oxygen atoms in total. The molecule has 0 unspecified atom stereocenters. The Morgan fingerprint density at radius 1 is 1.18 bits per heavy atom. The van der Waals surface area contributed by atoms with E-state index >= 15 is 0 Å². The number of rotatable bonds is 5. The second-order valence-corrected chi connectivity index (χ2v) is 4.51. The van der Waals surface area contributed by atoms with Gasteiger partial charge in [0.1, 0.15) is 0 Å². The van der Waals surface area contributed by atoms with E-state index in [1.807, 2.05) is 7.05 Å². The van der Waals surface area contributed by atoms with Crippen LogP contribution in [0.25, 0.3) is 0 Å². The third kappa shape index (κ3) is 3.80. The van der Waals surface area contributed by atoms with Gasteiger partial charge in [-0.05, 0) is 31.1 Å². The minimum absolute atomic E-state index is 0.874. The molecule has 1 aliphatic rings. The average molecular weight is 234 g/mol. The molecule has 2 rings (SSSR count). The van der Waals surface area contributed by atoms with Gasteiger partial charge in [-0.2, -0.15) is 0 Å². The normalized spacial score (nSPS) is 17.2. The van der Waals surface area contributed by atoms with Crippen LogP contribution in [0.3, 0.4) is 0 Å².